The van der Waals surface area contributed by atoms with Crippen molar-refractivity contribution >= 4 is 23.4 Å². The van der Waals surface area contributed by atoms with E-state index in [9.17, 15) is 0 Å². The molecule has 10 heteroatoms. The second-order valence-corrected chi connectivity index (χ2v) is 7.74. The third kappa shape index (κ3) is 6.31. The summed E-state index contributed by atoms with van der Waals surface area (Å²) in [6, 6.07) is 11.7. The van der Waals surface area contributed by atoms with Gasteiger partial charge in [-0.15, -0.1) is 0 Å². The lowest BCUT2D eigenvalue weighted by molar-refractivity contribution is 0.0577. The molecule has 1 saturated heterocycles. The number of nitrogens with two attached hydrogens (primary N) is 1. The predicted molar refractivity (Wildman–Crippen MR) is 136 cm³/mol. The number of ether oxygens (including phenoxy) is 3. The zero-order valence-corrected chi connectivity index (χ0v) is 19.8. The molecule has 1 fully saturated rings. The highest BCUT2D eigenvalue weighted by atomic mass is 16.5. The molecule has 1 aliphatic rings. The number of pyridine rings is 1. The fourth-order valence-electron chi connectivity index (χ4n) is 3.54. The fourth-order valence-corrected chi connectivity index (χ4v) is 3.54. The van der Waals surface area contributed by atoms with Crippen LogP contribution in [0.2, 0.25) is 0 Å². The molecule has 4 rings (SSSR count). The van der Waals surface area contributed by atoms with E-state index in [-0.39, 0.29) is 12.1 Å². The van der Waals surface area contributed by atoms with Crippen LogP contribution in [0.3, 0.4) is 0 Å². The van der Waals surface area contributed by atoms with E-state index < -0.39 is 0 Å². The third-order valence-electron chi connectivity index (χ3n) is 5.28. The Morgan fingerprint density at radius 2 is 2.14 bits per heavy atom. The van der Waals surface area contributed by atoms with Gasteiger partial charge >= 0.3 is 6.01 Å². The number of methoxy groups -OCH3 is 1. The summed E-state index contributed by atoms with van der Waals surface area (Å²) in [5.74, 6) is 0.946. The van der Waals surface area contributed by atoms with Crippen LogP contribution in [0.4, 0.5) is 11.5 Å². The number of aliphatic imine (C=N–C) groups is 1. The molecule has 0 unspecified atom stereocenters. The molecule has 35 heavy (non-hydrogen) atoms. The van der Waals surface area contributed by atoms with Gasteiger partial charge in [-0.05, 0) is 29.8 Å². The van der Waals surface area contributed by atoms with E-state index >= 15 is 0 Å². The van der Waals surface area contributed by atoms with Gasteiger partial charge < -0.3 is 30.6 Å². The summed E-state index contributed by atoms with van der Waals surface area (Å²) in [5, 5.41) is 6.65. The Hall–Kier alpha value is -4.02. The van der Waals surface area contributed by atoms with Crippen LogP contribution in [-0.4, -0.2) is 67.7 Å². The molecule has 1 aliphatic heterocycles. The van der Waals surface area contributed by atoms with Crippen LogP contribution in [0.15, 0.2) is 59.9 Å². The highest BCUT2D eigenvalue weighted by Gasteiger charge is 2.20. The molecule has 4 N–H and O–H groups in total. The summed E-state index contributed by atoms with van der Waals surface area (Å²) in [4.78, 5) is 17.3. The third-order valence-corrected chi connectivity index (χ3v) is 5.28. The zero-order chi connectivity index (χ0) is 24.5. The SMILES string of the molecule is CN=CC=C(N)c1cccc(-c2nc(OC[C@H]3COCCN3)nc(Nc3ccncc3)c2OC)c1. The highest BCUT2D eigenvalue weighted by molar-refractivity contribution is 5.85. The topological polar surface area (TPSA) is 129 Å². The zero-order valence-electron chi connectivity index (χ0n) is 19.8. The molecule has 0 saturated carbocycles. The number of anilines is 2. The van der Waals surface area contributed by atoms with Gasteiger partial charge in [0.25, 0.3) is 0 Å². The van der Waals surface area contributed by atoms with Crippen LogP contribution in [0.1, 0.15) is 5.56 Å². The molecule has 0 radical (unpaired) electrons. The first-order chi connectivity index (χ1) is 17.2. The Morgan fingerprint density at radius 1 is 1.29 bits per heavy atom. The molecular weight excluding hydrogens is 446 g/mol. The second-order valence-electron chi connectivity index (χ2n) is 7.74. The normalized spacial score (nSPS) is 16.3. The van der Waals surface area contributed by atoms with Gasteiger partial charge in [-0.2, -0.15) is 9.97 Å². The van der Waals surface area contributed by atoms with Crippen molar-refractivity contribution < 1.29 is 14.2 Å². The minimum absolute atomic E-state index is 0.0583. The maximum Gasteiger partial charge on any atom is 0.319 e. The Bertz CT molecular complexity index is 1180. The van der Waals surface area contributed by atoms with Crippen LogP contribution in [0, 0.1) is 0 Å². The lowest BCUT2D eigenvalue weighted by atomic mass is 10.0. The van der Waals surface area contributed by atoms with Crippen molar-refractivity contribution in [1.29, 1.82) is 0 Å². The van der Waals surface area contributed by atoms with Crippen molar-refractivity contribution in [1.82, 2.24) is 20.3 Å². The van der Waals surface area contributed by atoms with E-state index in [2.05, 4.69) is 25.6 Å². The molecule has 0 spiro atoms. The van der Waals surface area contributed by atoms with E-state index in [1.54, 1.807) is 38.8 Å². The summed E-state index contributed by atoms with van der Waals surface area (Å²) >= 11 is 0. The Morgan fingerprint density at radius 3 is 2.89 bits per heavy atom. The molecule has 1 aromatic carbocycles. The molecule has 0 amide bonds. The number of benzene rings is 1. The average Bonchev–Trinajstić information content (AvgIpc) is 2.91. The van der Waals surface area contributed by atoms with Gasteiger partial charge in [-0.1, -0.05) is 18.2 Å². The van der Waals surface area contributed by atoms with Crippen molar-refractivity contribution in [2.75, 3.05) is 45.8 Å². The van der Waals surface area contributed by atoms with E-state index in [0.29, 0.717) is 42.8 Å². The second kappa shape index (κ2) is 11.9. The van der Waals surface area contributed by atoms with E-state index in [1.807, 2.05) is 36.4 Å². The van der Waals surface area contributed by atoms with Gasteiger partial charge in [-0.25, -0.2) is 0 Å². The first-order valence-corrected chi connectivity index (χ1v) is 11.2. The summed E-state index contributed by atoms with van der Waals surface area (Å²) in [7, 11) is 3.28. The number of allylic oxidation sites excluding steroid dienone is 1. The van der Waals surface area contributed by atoms with Gasteiger partial charge in [0, 0.05) is 49.1 Å². The molecule has 1 atom stereocenters. The lowest BCUT2D eigenvalue weighted by Gasteiger charge is -2.23. The van der Waals surface area contributed by atoms with Crippen LogP contribution in [0.5, 0.6) is 11.8 Å². The summed E-state index contributed by atoms with van der Waals surface area (Å²) in [6.07, 6.45) is 6.79. The van der Waals surface area contributed by atoms with Crippen LogP contribution in [0.25, 0.3) is 17.0 Å². The van der Waals surface area contributed by atoms with E-state index in [1.165, 1.54) is 0 Å². The Kier molecular flexibility index (Phi) is 8.21. The number of nitrogens with one attached hydrogen (secondary N) is 2. The van der Waals surface area contributed by atoms with Crippen LogP contribution >= 0.6 is 0 Å². The smallest absolute Gasteiger partial charge is 0.319 e. The van der Waals surface area contributed by atoms with Crippen molar-refractivity contribution in [2.45, 2.75) is 6.04 Å². The quantitative estimate of drug-likeness (QED) is 0.400. The van der Waals surface area contributed by atoms with Crippen LogP contribution < -0.4 is 25.8 Å². The van der Waals surface area contributed by atoms with Gasteiger partial charge in [0.1, 0.15) is 12.3 Å². The van der Waals surface area contributed by atoms with Gasteiger partial charge in [-0.3, -0.25) is 9.98 Å². The molecular formula is C25H29N7O3. The number of rotatable bonds is 9. The molecule has 0 bridgehead atoms. The van der Waals surface area contributed by atoms with Crippen molar-refractivity contribution in [2.24, 2.45) is 10.7 Å². The number of aromatic nitrogens is 3. The minimum atomic E-state index is 0.0583. The highest BCUT2D eigenvalue weighted by Crippen LogP contribution is 2.37. The minimum Gasteiger partial charge on any atom is -0.491 e. The summed E-state index contributed by atoms with van der Waals surface area (Å²) in [6.45, 7) is 2.41. The van der Waals surface area contributed by atoms with E-state index in [0.717, 1.165) is 23.4 Å². The molecule has 10 nitrogen and oxygen atoms in total. The molecule has 3 aromatic rings. The molecule has 3 heterocycles. The first-order valence-electron chi connectivity index (χ1n) is 11.2. The Balaban J connectivity index is 1.73. The lowest BCUT2D eigenvalue weighted by Crippen LogP contribution is -2.44. The van der Waals surface area contributed by atoms with Gasteiger partial charge in [0.05, 0.1) is 26.4 Å². The molecule has 0 aliphatic carbocycles. The van der Waals surface area contributed by atoms with Gasteiger partial charge in [0.2, 0.25) is 0 Å². The average molecular weight is 476 g/mol. The number of nitrogens with zero attached hydrogens (tertiary/aromatic N) is 4. The predicted octanol–water partition coefficient (Wildman–Crippen LogP) is 2.66. The number of morpholine rings is 1. The molecule has 2 aromatic heterocycles. The standard InChI is InChI=1S/C25H29N7O3/c1-27-9-8-21(26)17-4-3-5-18(14-17)22-23(33-2)24(30-19-6-10-28-11-7-19)32-25(31-22)35-16-20-15-34-13-12-29-20/h3-11,14,20,29H,12-13,15-16,26H2,1-2H3,(H,28,30,31,32)/t20-/m1/s1. The van der Waals surface area contributed by atoms with Crippen molar-refractivity contribution in [3.8, 4) is 23.0 Å². The largest absolute Gasteiger partial charge is 0.491 e. The molecule has 182 valence electrons. The fraction of sp³-hybridized carbons (Fsp3) is 0.280. The summed E-state index contributed by atoms with van der Waals surface area (Å²) in [5.41, 5.74) is 9.82. The number of hydrogen-bond donors (Lipinski definition) is 3. The maximum absolute atomic E-state index is 6.23. The van der Waals surface area contributed by atoms with Gasteiger partial charge in [0.15, 0.2) is 11.6 Å². The van der Waals surface area contributed by atoms with Crippen molar-refractivity contribution in [3.63, 3.8) is 0 Å². The Labute approximate surface area is 204 Å². The van der Waals surface area contributed by atoms with E-state index in [4.69, 9.17) is 24.9 Å². The van der Waals surface area contributed by atoms with Crippen molar-refractivity contribution in [3.05, 3.63) is 60.4 Å². The first kappa shape index (κ1) is 24.1. The maximum atomic E-state index is 6.23. The number of hydrogen-bond acceptors (Lipinski definition) is 10. The van der Waals surface area contributed by atoms with Crippen LogP contribution in [-0.2, 0) is 4.74 Å². The monoisotopic (exact) mass is 475 g/mol. The summed E-state index contributed by atoms with van der Waals surface area (Å²) < 4.78 is 17.3.